The Morgan fingerprint density at radius 2 is 1.80 bits per heavy atom. The summed E-state index contributed by atoms with van der Waals surface area (Å²) in [6, 6.07) is 3.20. The van der Waals surface area contributed by atoms with Crippen LogP contribution in [0.2, 0.25) is 0 Å². The number of nitrogens with zero attached hydrogens (tertiary/aromatic N) is 2. The van der Waals surface area contributed by atoms with Crippen LogP contribution in [0.1, 0.15) is 18.8 Å². The number of hydrogen-bond acceptors (Lipinski definition) is 7. The van der Waals surface area contributed by atoms with Gasteiger partial charge in [-0.2, -0.15) is 4.98 Å². The normalized spacial score (nSPS) is 12.1. The number of aromatic nitrogens is 2. The standard InChI is InChI=1S/C13H17N3O4/c1-7(14)12-15-13(20-16-12)8-5-6-9(17-2)11(19-4)10(8)18-3/h5-7H,14H2,1-4H3. The van der Waals surface area contributed by atoms with Crippen molar-refractivity contribution in [2.45, 2.75) is 13.0 Å². The van der Waals surface area contributed by atoms with E-state index >= 15 is 0 Å². The van der Waals surface area contributed by atoms with Gasteiger partial charge in [0, 0.05) is 0 Å². The summed E-state index contributed by atoms with van der Waals surface area (Å²) < 4.78 is 21.1. The van der Waals surface area contributed by atoms with Crippen LogP contribution in [0.5, 0.6) is 17.2 Å². The molecule has 0 spiro atoms. The minimum atomic E-state index is -0.307. The molecule has 1 heterocycles. The Hall–Kier alpha value is -2.28. The molecule has 108 valence electrons. The van der Waals surface area contributed by atoms with Gasteiger partial charge >= 0.3 is 0 Å². The zero-order valence-corrected chi connectivity index (χ0v) is 11.8. The van der Waals surface area contributed by atoms with Crippen molar-refractivity contribution in [3.8, 4) is 28.7 Å². The van der Waals surface area contributed by atoms with E-state index < -0.39 is 0 Å². The molecule has 0 saturated carbocycles. The topological polar surface area (TPSA) is 92.6 Å². The molecule has 0 aliphatic rings. The Morgan fingerprint density at radius 3 is 2.30 bits per heavy atom. The maximum atomic E-state index is 5.72. The fourth-order valence-corrected chi connectivity index (χ4v) is 1.80. The summed E-state index contributed by atoms with van der Waals surface area (Å²) in [7, 11) is 4.62. The summed E-state index contributed by atoms with van der Waals surface area (Å²) in [4.78, 5) is 4.24. The van der Waals surface area contributed by atoms with E-state index in [-0.39, 0.29) is 6.04 Å². The second-order valence-electron chi connectivity index (χ2n) is 4.13. The molecule has 0 fully saturated rings. The zero-order chi connectivity index (χ0) is 14.7. The van der Waals surface area contributed by atoms with Crippen LogP contribution in [0.15, 0.2) is 16.7 Å². The number of rotatable bonds is 5. The number of benzene rings is 1. The highest BCUT2D eigenvalue weighted by molar-refractivity contribution is 5.71. The minimum Gasteiger partial charge on any atom is -0.493 e. The number of ether oxygens (including phenoxy) is 3. The highest BCUT2D eigenvalue weighted by atomic mass is 16.5. The summed E-state index contributed by atoms with van der Waals surface area (Å²) >= 11 is 0. The van der Waals surface area contributed by atoms with Gasteiger partial charge in [-0.3, -0.25) is 0 Å². The quantitative estimate of drug-likeness (QED) is 0.891. The smallest absolute Gasteiger partial charge is 0.261 e. The maximum Gasteiger partial charge on any atom is 0.261 e. The van der Waals surface area contributed by atoms with Crippen molar-refractivity contribution >= 4 is 0 Å². The van der Waals surface area contributed by atoms with Gasteiger partial charge in [-0.05, 0) is 19.1 Å². The van der Waals surface area contributed by atoms with Gasteiger partial charge in [0.05, 0.1) is 32.9 Å². The van der Waals surface area contributed by atoms with Crippen molar-refractivity contribution in [1.29, 1.82) is 0 Å². The first-order valence-electron chi connectivity index (χ1n) is 6.00. The van der Waals surface area contributed by atoms with Gasteiger partial charge in [-0.1, -0.05) is 5.16 Å². The molecule has 2 aromatic rings. The summed E-state index contributed by atoms with van der Waals surface area (Å²) in [5, 5.41) is 3.83. The molecule has 1 aromatic carbocycles. The van der Waals surface area contributed by atoms with E-state index in [0.29, 0.717) is 34.5 Å². The van der Waals surface area contributed by atoms with Crippen LogP contribution >= 0.6 is 0 Å². The minimum absolute atomic E-state index is 0.307. The third-order valence-corrected chi connectivity index (χ3v) is 2.78. The Kier molecular flexibility index (Phi) is 4.09. The Labute approximate surface area is 116 Å². The van der Waals surface area contributed by atoms with Gasteiger partial charge in [-0.25, -0.2) is 0 Å². The molecule has 0 aliphatic heterocycles. The van der Waals surface area contributed by atoms with Crippen LogP contribution in [-0.4, -0.2) is 31.5 Å². The lowest BCUT2D eigenvalue weighted by Gasteiger charge is -2.13. The molecule has 7 heteroatoms. The maximum absolute atomic E-state index is 5.72. The average molecular weight is 279 g/mol. The van der Waals surface area contributed by atoms with Crippen LogP contribution in [0.3, 0.4) is 0 Å². The van der Waals surface area contributed by atoms with Gasteiger partial charge in [0.15, 0.2) is 17.3 Å². The summed E-state index contributed by atoms with van der Waals surface area (Å²) in [6.45, 7) is 1.78. The van der Waals surface area contributed by atoms with Crippen LogP contribution in [0.25, 0.3) is 11.5 Å². The van der Waals surface area contributed by atoms with Crippen LogP contribution < -0.4 is 19.9 Å². The molecule has 20 heavy (non-hydrogen) atoms. The van der Waals surface area contributed by atoms with E-state index in [1.807, 2.05) is 0 Å². The predicted octanol–water partition coefficient (Wildman–Crippen LogP) is 1.78. The Bertz CT molecular complexity index is 595. The third kappa shape index (κ3) is 2.39. The first-order chi connectivity index (χ1) is 9.62. The predicted molar refractivity (Wildman–Crippen MR) is 72.0 cm³/mol. The van der Waals surface area contributed by atoms with Crippen molar-refractivity contribution in [1.82, 2.24) is 10.1 Å². The molecule has 2 rings (SSSR count). The van der Waals surface area contributed by atoms with Crippen molar-refractivity contribution in [3.05, 3.63) is 18.0 Å². The lowest BCUT2D eigenvalue weighted by atomic mass is 10.1. The number of hydrogen-bond donors (Lipinski definition) is 1. The molecule has 1 unspecified atom stereocenters. The molecule has 0 radical (unpaired) electrons. The average Bonchev–Trinajstić information content (AvgIpc) is 2.95. The zero-order valence-electron chi connectivity index (χ0n) is 11.8. The van der Waals surface area contributed by atoms with Crippen molar-refractivity contribution in [3.63, 3.8) is 0 Å². The van der Waals surface area contributed by atoms with E-state index in [1.54, 1.807) is 26.2 Å². The van der Waals surface area contributed by atoms with Crippen LogP contribution in [0, 0.1) is 0 Å². The summed E-state index contributed by atoms with van der Waals surface area (Å²) in [6.07, 6.45) is 0. The molecular formula is C13H17N3O4. The molecule has 1 atom stereocenters. The van der Waals surface area contributed by atoms with Crippen molar-refractivity contribution < 1.29 is 18.7 Å². The van der Waals surface area contributed by atoms with Crippen LogP contribution in [0.4, 0.5) is 0 Å². The SMILES string of the molecule is COc1ccc(-c2nc(C(C)N)no2)c(OC)c1OC. The second kappa shape index (κ2) is 5.79. The lowest BCUT2D eigenvalue weighted by molar-refractivity contribution is 0.324. The highest BCUT2D eigenvalue weighted by Crippen LogP contribution is 2.43. The Balaban J connectivity index is 2.55. The molecule has 7 nitrogen and oxygen atoms in total. The van der Waals surface area contributed by atoms with Crippen molar-refractivity contribution in [2.24, 2.45) is 5.73 Å². The highest BCUT2D eigenvalue weighted by Gasteiger charge is 2.21. The lowest BCUT2D eigenvalue weighted by Crippen LogP contribution is -2.06. The van der Waals surface area contributed by atoms with Gasteiger partial charge in [0.2, 0.25) is 5.75 Å². The first-order valence-corrected chi connectivity index (χ1v) is 6.00. The van der Waals surface area contributed by atoms with E-state index in [9.17, 15) is 0 Å². The van der Waals surface area contributed by atoms with Gasteiger partial charge in [0.1, 0.15) is 0 Å². The number of methoxy groups -OCH3 is 3. The summed E-state index contributed by atoms with van der Waals surface area (Å²) in [5.41, 5.74) is 6.33. The molecule has 0 saturated heterocycles. The number of nitrogens with two attached hydrogens (primary N) is 1. The molecule has 0 aliphatic carbocycles. The summed E-state index contributed by atoms with van der Waals surface area (Å²) in [5.74, 6) is 2.23. The first kappa shape index (κ1) is 14.1. The fraction of sp³-hybridized carbons (Fsp3) is 0.385. The van der Waals surface area contributed by atoms with E-state index in [1.165, 1.54) is 14.2 Å². The third-order valence-electron chi connectivity index (χ3n) is 2.78. The largest absolute Gasteiger partial charge is 0.493 e. The fourth-order valence-electron chi connectivity index (χ4n) is 1.80. The van der Waals surface area contributed by atoms with E-state index in [2.05, 4.69) is 10.1 Å². The molecule has 0 bridgehead atoms. The van der Waals surface area contributed by atoms with E-state index in [0.717, 1.165) is 0 Å². The molecule has 2 N–H and O–H groups in total. The van der Waals surface area contributed by atoms with E-state index in [4.69, 9.17) is 24.5 Å². The second-order valence-corrected chi connectivity index (χ2v) is 4.13. The molecule has 0 amide bonds. The molecular weight excluding hydrogens is 262 g/mol. The van der Waals surface area contributed by atoms with Gasteiger partial charge in [-0.15, -0.1) is 0 Å². The monoisotopic (exact) mass is 279 g/mol. The van der Waals surface area contributed by atoms with Gasteiger partial charge in [0.25, 0.3) is 5.89 Å². The van der Waals surface area contributed by atoms with Crippen LogP contribution in [-0.2, 0) is 0 Å². The van der Waals surface area contributed by atoms with Crippen molar-refractivity contribution in [2.75, 3.05) is 21.3 Å². The molecule has 1 aromatic heterocycles. The Morgan fingerprint density at radius 1 is 1.10 bits per heavy atom. The van der Waals surface area contributed by atoms with Gasteiger partial charge < -0.3 is 24.5 Å².